The van der Waals surface area contributed by atoms with Crippen molar-refractivity contribution in [2.45, 2.75) is 45.4 Å². The van der Waals surface area contributed by atoms with Gasteiger partial charge in [0, 0.05) is 30.5 Å². The number of hydrogen-bond acceptors (Lipinski definition) is 4. The van der Waals surface area contributed by atoms with E-state index in [1.807, 2.05) is 18.2 Å². The highest BCUT2D eigenvalue weighted by Crippen LogP contribution is 2.43. The molecule has 0 atom stereocenters. The van der Waals surface area contributed by atoms with Crippen molar-refractivity contribution >= 4 is 5.69 Å². The second-order valence-electron chi connectivity index (χ2n) is 9.12. The molecule has 31 heavy (non-hydrogen) atoms. The molecule has 4 nitrogen and oxygen atoms in total. The lowest BCUT2D eigenvalue weighted by atomic mass is 9.71. The number of ether oxygens (including phenoxy) is 1. The highest BCUT2D eigenvalue weighted by atomic mass is 16.5. The number of rotatable bonds is 6. The Morgan fingerprint density at radius 1 is 0.968 bits per heavy atom. The molecule has 0 bridgehead atoms. The molecule has 0 radical (unpaired) electrons. The molecule has 2 aromatic carbocycles. The van der Waals surface area contributed by atoms with Crippen LogP contribution in [-0.4, -0.2) is 29.7 Å². The Morgan fingerprint density at radius 3 is 2.55 bits per heavy atom. The van der Waals surface area contributed by atoms with E-state index in [-0.39, 0.29) is 0 Å². The second kappa shape index (κ2) is 8.70. The van der Waals surface area contributed by atoms with E-state index in [0.717, 1.165) is 11.3 Å². The maximum atomic E-state index is 5.98. The summed E-state index contributed by atoms with van der Waals surface area (Å²) in [5, 5.41) is 0. The van der Waals surface area contributed by atoms with Crippen molar-refractivity contribution in [3.05, 3.63) is 71.4 Å². The van der Waals surface area contributed by atoms with Crippen LogP contribution < -0.4 is 9.64 Å². The minimum Gasteiger partial charge on any atom is -0.463 e. The van der Waals surface area contributed by atoms with Crippen LogP contribution in [0.15, 0.2) is 54.7 Å². The third-order valence-electron chi connectivity index (χ3n) is 6.90. The summed E-state index contributed by atoms with van der Waals surface area (Å²) in [6, 6.07) is 17.8. The number of benzene rings is 2. The van der Waals surface area contributed by atoms with Gasteiger partial charge < -0.3 is 9.64 Å². The zero-order valence-corrected chi connectivity index (χ0v) is 18.6. The largest absolute Gasteiger partial charge is 0.463 e. The lowest BCUT2D eigenvalue weighted by Crippen LogP contribution is -2.28. The van der Waals surface area contributed by atoms with E-state index in [1.54, 1.807) is 6.20 Å². The van der Waals surface area contributed by atoms with Crippen LogP contribution in [0.4, 0.5) is 5.69 Å². The molecule has 1 saturated heterocycles. The Hall–Kier alpha value is -2.88. The van der Waals surface area contributed by atoms with Crippen molar-refractivity contribution in [2.24, 2.45) is 5.92 Å². The lowest BCUT2D eigenvalue weighted by molar-refractivity contribution is 0.149. The molecule has 5 rings (SSSR count). The zero-order valence-electron chi connectivity index (χ0n) is 18.6. The fraction of sp³-hybridized carbons (Fsp3) is 0.407. The minimum absolute atomic E-state index is 0.482. The molecule has 1 saturated carbocycles. The predicted octanol–water partition coefficient (Wildman–Crippen LogP) is 5.93. The molecule has 3 aromatic rings. The number of aromatic nitrogens is 2. The summed E-state index contributed by atoms with van der Waals surface area (Å²) in [7, 11) is 0. The fourth-order valence-electron chi connectivity index (χ4n) is 5.03. The molecule has 1 aliphatic heterocycles. The van der Waals surface area contributed by atoms with Crippen molar-refractivity contribution in [3.8, 4) is 17.3 Å². The topological polar surface area (TPSA) is 38.2 Å². The van der Waals surface area contributed by atoms with Gasteiger partial charge in [-0.15, -0.1) is 0 Å². The fourth-order valence-corrected chi connectivity index (χ4v) is 5.03. The standard InChI is InChI=1S/C27H31N3O/c1-19-7-3-4-8-25(19)26-11-12-28-27(29-26)31-18-21-16-22(17-21)24-10-9-23(15-20(24)2)30-13-5-6-14-30/h3-4,7-12,15,21-22H,5-6,13-14,16-18H2,1-2H3/t21-,22+. The normalized spacial score (nSPS) is 20.5. The molecule has 1 aromatic heterocycles. The Labute approximate surface area is 185 Å². The first-order valence-electron chi connectivity index (χ1n) is 11.5. The average Bonchev–Trinajstić information content (AvgIpc) is 3.29. The average molecular weight is 414 g/mol. The van der Waals surface area contributed by atoms with Gasteiger partial charge in [-0.2, -0.15) is 4.98 Å². The first-order chi connectivity index (χ1) is 15.2. The quantitative estimate of drug-likeness (QED) is 0.502. The van der Waals surface area contributed by atoms with Crippen molar-refractivity contribution < 1.29 is 4.74 Å². The molecule has 1 aliphatic carbocycles. The number of anilines is 1. The summed E-state index contributed by atoms with van der Waals surface area (Å²) in [5.74, 6) is 1.23. The smallest absolute Gasteiger partial charge is 0.316 e. The molecule has 2 fully saturated rings. The highest BCUT2D eigenvalue weighted by molar-refractivity contribution is 5.63. The van der Waals surface area contributed by atoms with Gasteiger partial charge in [0.2, 0.25) is 0 Å². The van der Waals surface area contributed by atoms with Crippen LogP contribution in [0.3, 0.4) is 0 Å². The van der Waals surface area contributed by atoms with Gasteiger partial charge in [0.1, 0.15) is 0 Å². The van der Waals surface area contributed by atoms with Gasteiger partial charge in [-0.1, -0.05) is 30.3 Å². The van der Waals surface area contributed by atoms with E-state index in [1.165, 1.54) is 61.2 Å². The summed E-state index contributed by atoms with van der Waals surface area (Å²) in [4.78, 5) is 11.5. The van der Waals surface area contributed by atoms with E-state index in [9.17, 15) is 0 Å². The van der Waals surface area contributed by atoms with Crippen molar-refractivity contribution in [1.82, 2.24) is 9.97 Å². The van der Waals surface area contributed by atoms with Crippen LogP contribution in [0.1, 0.15) is 48.3 Å². The van der Waals surface area contributed by atoms with Crippen molar-refractivity contribution in [1.29, 1.82) is 0 Å². The van der Waals surface area contributed by atoms with E-state index in [4.69, 9.17) is 4.74 Å². The van der Waals surface area contributed by atoms with Gasteiger partial charge >= 0.3 is 6.01 Å². The maximum absolute atomic E-state index is 5.98. The first kappa shape index (κ1) is 20.0. The van der Waals surface area contributed by atoms with E-state index in [2.05, 4.69) is 59.0 Å². The van der Waals surface area contributed by atoms with E-state index >= 15 is 0 Å². The molecular weight excluding hydrogens is 382 g/mol. The van der Waals surface area contributed by atoms with Gasteiger partial charge in [0.05, 0.1) is 12.3 Å². The monoisotopic (exact) mass is 413 g/mol. The van der Waals surface area contributed by atoms with Gasteiger partial charge in [0.25, 0.3) is 0 Å². The molecule has 0 N–H and O–H groups in total. The summed E-state index contributed by atoms with van der Waals surface area (Å²) >= 11 is 0. The molecular formula is C27H31N3O. The van der Waals surface area contributed by atoms with E-state index in [0.29, 0.717) is 24.5 Å². The Kier molecular flexibility index (Phi) is 5.63. The summed E-state index contributed by atoms with van der Waals surface area (Å²) < 4.78 is 5.98. The van der Waals surface area contributed by atoms with Crippen LogP contribution >= 0.6 is 0 Å². The van der Waals surface area contributed by atoms with Gasteiger partial charge in [0.15, 0.2) is 0 Å². The Balaban J connectivity index is 1.17. The number of aryl methyl sites for hydroxylation is 2. The highest BCUT2D eigenvalue weighted by Gasteiger charge is 2.32. The van der Waals surface area contributed by atoms with Crippen LogP contribution in [0.5, 0.6) is 6.01 Å². The number of hydrogen-bond donors (Lipinski definition) is 0. The molecule has 0 amide bonds. The van der Waals surface area contributed by atoms with Crippen LogP contribution in [0.2, 0.25) is 0 Å². The lowest BCUT2D eigenvalue weighted by Gasteiger charge is -2.36. The molecule has 0 spiro atoms. The molecule has 160 valence electrons. The summed E-state index contributed by atoms with van der Waals surface area (Å²) in [6.45, 7) is 7.47. The van der Waals surface area contributed by atoms with Gasteiger partial charge in [-0.05, 0) is 86.3 Å². The molecule has 0 unspecified atom stereocenters. The van der Waals surface area contributed by atoms with Crippen molar-refractivity contribution in [2.75, 3.05) is 24.6 Å². The zero-order chi connectivity index (χ0) is 21.2. The van der Waals surface area contributed by atoms with Gasteiger partial charge in [-0.3, -0.25) is 0 Å². The Bertz CT molecular complexity index is 1050. The third-order valence-corrected chi connectivity index (χ3v) is 6.90. The summed E-state index contributed by atoms with van der Waals surface area (Å²) in [6.07, 6.45) is 6.80. The van der Waals surface area contributed by atoms with Crippen LogP contribution in [0.25, 0.3) is 11.3 Å². The summed E-state index contributed by atoms with van der Waals surface area (Å²) in [5.41, 5.74) is 7.60. The predicted molar refractivity (Wildman–Crippen MR) is 126 cm³/mol. The molecule has 4 heteroatoms. The maximum Gasteiger partial charge on any atom is 0.316 e. The minimum atomic E-state index is 0.482. The SMILES string of the molecule is Cc1ccccc1-c1ccnc(OC[C@H]2C[C@@H](c3ccc(N4CCCC4)cc3C)C2)n1. The van der Waals surface area contributed by atoms with Crippen LogP contribution in [0, 0.1) is 19.8 Å². The number of nitrogens with zero attached hydrogens (tertiary/aromatic N) is 3. The van der Waals surface area contributed by atoms with Crippen LogP contribution in [-0.2, 0) is 0 Å². The Morgan fingerprint density at radius 2 is 1.77 bits per heavy atom. The van der Waals surface area contributed by atoms with E-state index < -0.39 is 0 Å². The molecule has 2 heterocycles. The molecule has 2 aliphatic rings. The van der Waals surface area contributed by atoms with Gasteiger partial charge in [-0.25, -0.2) is 4.98 Å². The third kappa shape index (κ3) is 4.30. The first-order valence-corrected chi connectivity index (χ1v) is 11.5. The van der Waals surface area contributed by atoms with Crippen molar-refractivity contribution in [3.63, 3.8) is 0 Å². The second-order valence-corrected chi connectivity index (χ2v) is 9.12.